The highest BCUT2D eigenvalue weighted by Gasteiger charge is 2.24. The average molecular weight is 423 g/mol. The van der Waals surface area contributed by atoms with Gasteiger partial charge < -0.3 is 9.32 Å². The molecule has 0 bridgehead atoms. The molecule has 0 radical (unpaired) electrons. The predicted molar refractivity (Wildman–Crippen MR) is 115 cm³/mol. The lowest BCUT2D eigenvalue weighted by atomic mass is 10.1. The second kappa shape index (κ2) is 7.55. The van der Waals surface area contributed by atoms with Gasteiger partial charge in [0.1, 0.15) is 4.88 Å². The Hall–Kier alpha value is -2.81. The van der Waals surface area contributed by atoms with Crippen molar-refractivity contribution in [2.24, 2.45) is 0 Å². The molecule has 5 rings (SSSR count). The molecule has 8 heteroatoms. The van der Waals surface area contributed by atoms with Gasteiger partial charge >= 0.3 is 0 Å². The van der Waals surface area contributed by atoms with Gasteiger partial charge in [0, 0.05) is 30.0 Å². The van der Waals surface area contributed by atoms with E-state index in [0.717, 1.165) is 30.8 Å². The summed E-state index contributed by atoms with van der Waals surface area (Å²) in [4.78, 5) is 26.5. The number of anilines is 1. The molecule has 146 valence electrons. The number of fused-ring (bicyclic) bond motifs is 1. The molecule has 1 N–H and O–H groups in total. The quantitative estimate of drug-likeness (QED) is 0.513. The molecule has 0 saturated carbocycles. The molecule has 4 heterocycles. The molecular weight excluding hydrogens is 404 g/mol. The number of likely N-dealkylation sites (N-methyl/N-ethyl adjacent to an activating group) is 1. The van der Waals surface area contributed by atoms with Crippen LogP contribution in [-0.4, -0.2) is 34.4 Å². The van der Waals surface area contributed by atoms with Gasteiger partial charge in [-0.3, -0.25) is 10.1 Å². The summed E-state index contributed by atoms with van der Waals surface area (Å²) in [6, 6.07) is 13.4. The zero-order valence-electron chi connectivity index (χ0n) is 15.7. The fourth-order valence-electron chi connectivity index (χ4n) is 3.30. The number of rotatable bonds is 4. The van der Waals surface area contributed by atoms with E-state index in [4.69, 9.17) is 9.40 Å². The van der Waals surface area contributed by atoms with Gasteiger partial charge in [0.05, 0.1) is 17.7 Å². The lowest BCUT2D eigenvalue weighted by Crippen LogP contribution is -2.25. The van der Waals surface area contributed by atoms with E-state index >= 15 is 0 Å². The van der Waals surface area contributed by atoms with Crippen LogP contribution in [0.15, 0.2) is 53.1 Å². The fourth-order valence-corrected chi connectivity index (χ4v) is 5.34. The first-order valence-corrected chi connectivity index (χ1v) is 10.9. The zero-order chi connectivity index (χ0) is 19.8. The van der Waals surface area contributed by atoms with Crippen molar-refractivity contribution in [3.8, 4) is 22.0 Å². The molecule has 1 aliphatic heterocycles. The van der Waals surface area contributed by atoms with E-state index in [1.165, 1.54) is 16.2 Å². The maximum atomic E-state index is 13.2. The van der Waals surface area contributed by atoms with Crippen LogP contribution < -0.4 is 5.32 Å². The predicted octanol–water partition coefficient (Wildman–Crippen LogP) is 4.77. The Bertz CT molecular complexity index is 1150. The van der Waals surface area contributed by atoms with Gasteiger partial charge in [-0.15, -0.1) is 22.7 Å². The lowest BCUT2D eigenvalue weighted by Gasteiger charge is -2.20. The molecule has 29 heavy (non-hydrogen) atoms. The van der Waals surface area contributed by atoms with Crippen LogP contribution in [-0.2, 0) is 13.0 Å². The first kappa shape index (κ1) is 18.2. The first-order chi connectivity index (χ1) is 14.2. The van der Waals surface area contributed by atoms with Crippen LogP contribution in [0.2, 0.25) is 0 Å². The minimum Gasteiger partial charge on any atom is -0.462 e. The number of furan rings is 1. The number of carbonyl (C=O) groups excluding carboxylic acids is 1. The summed E-state index contributed by atoms with van der Waals surface area (Å²) in [5.41, 5.74) is 2.64. The summed E-state index contributed by atoms with van der Waals surface area (Å²) >= 11 is 2.88. The Labute approximate surface area is 175 Å². The van der Waals surface area contributed by atoms with E-state index in [-0.39, 0.29) is 5.91 Å². The topological polar surface area (TPSA) is 71.3 Å². The maximum Gasteiger partial charge on any atom is 0.269 e. The molecule has 1 amide bonds. The van der Waals surface area contributed by atoms with Crippen molar-refractivity contribution in [2.45, 2.75) is 13.0 Å². The number of thiazole rings is 2. The van der Waals surface area contributed by atoms with Gasteiger partial charge in [0.2, 0.25) is 0 Å². The third-order valence-electron chi connectivity index (χ3n) is 4.76. The Morgan fingerprint density at radius 1 is 1.14 bits per heavy atom. The highest BCUT2D eigenvalue weighted by atomic mass is 32.1. The van der Waals surface area contributed by atoms with E-state index in [2.05, 4.69) is 22.2 Å². The molecule has 0 unspecified atom stereocenters. The summed E-state index contributed by atoms with van der Waals surface area (Å²) in [5.74, 6) is 0.456. The Balaban J connectivity index is 1.49. The number of carbonyl (C=O) groups is 1. The molecule has 3 aromatic heterocycles. The van der Waals surface area contributed by atoms with Gasteiger partial charge in [0.15, 0.2) is 15.9 Å². The lowest BCUT2D eigenvalue weighted by molar-refractivity contribution is 0.103. The van der Waals surface area contributed by atoms with Gasteiger partial charge in [-0.1, -0.05) is 30.3 Å². The average Bonchev–Trinajstić information content (AvgIpc) is 3.47. The van der Waals surface area contributed by atoms with Crippen LogP contribution in [0.1, 0.15) is 20.2 Å². The fraction of sp³-hybridized carbons (Fsp3) is 0.190. The summed E-state index contributed by atoms with van der Waals surface area (Å²) in [7, 11) is 2.10. The second-order valence-corrected chi connectivity index (χ2v) is 8.95. The van der Waals surface area contributed by atoms with Crippen LogP contribution in [0, 0.1) is 0 Å². The van der Waals surface area contributed by atoms with Crippen LogP contribution in [0.3, 0.4) is 0 Å². The van der Waals surface area contributed by atoms with E-state index in [1.807, 2.05) is 42.5 Å². The zero-order valence-corrected chi connectivity index (χ0v) is 17.3. The first-order valence-electron chi connectivity index (χ1n) is 9.26. The Kier molecular flexibility index (Phi) is 4.75. The number of hydrogen-bond donors (Lipinski definition) is 1. The van der Waals surface area contributed by atoms with Gasteiger partial charge in [0.25, 0.3) is 5.91 Å². The monoisotopic (exact) mass is 422 g/mol. The van der Waals surface area contributed by atoms with Crippen molar-refractivity contribution in [3.63, 3.8) is 0 Å². The molecule has 4 aromatic rings. The third kappa shape index (κ3) is 3.62. The summed E-state index contributed by atoms with van der Waals surface area (Å²) in [6.07, 6.45) is 2.52. The molecule has 0 saturated heterocycles. The minimum absolute atomic E-state index is 0.196. The highest BCUT2D eigenvalue weighted by Crippen LogP contribution is 2.35. The van der Waals surface area contributed by atoms with Crippen molar-refractivity contribution in [2.75, 3.05) is 18.9 Å². The number of benzene rings is 1. The number of hydrogen-bond acceptors (Lipinski definition) is 7. The SMILES string of the molecule is CN1CCc2nc(NC(=O)c3sc(-c4ccco4)nc3-c3ccccc3)sc2C1. The molecule has 1 aliphatic rings. The smallest absolute Gasteiger partial charge is 0.269 e. The van der Waals surface area contributed by atoms with Crippen LogP contribution in [0.4, 0.5) is 5.13 Å². The molecule has 0 spiro atoms. The maximum absolute atomic E-state index is 13.2. The summed E-state index contributed by atoms with van der Waals surface area (Å²) in [5, 5.41) is 4.31. The Morgan fingerprint density at radius 3 is 2.79 bits per heavy atom. The molecular formula is C21H18N4O2S2. The normalized spacial score (nSPS) is 14.0. The van der Waals surface area contributed by atoms with Crippen LogP contribution >= 0.6 is 22.7 Å². The number of nitrogens with one attached hydrogen (secondary N) is 1. The van der Waals surface area contributed by atoms with Gasteiger partial charge in [-0.2, -0.15) is 0 Å². The minimum atomic E-state index is -0.196. The highest BCUT2D eigenvalue weighted by molar-refractivity contribution is 7.18. The van der Waals surface area contributed by atoms with E-state index in [1.54, 1.807) is 17.6 Å². The third-order valence-corrected chi connectivity index (χ3v) is 6.82. The van der Waals surface area contributed by atoms with Crippen molar-refractivity contribution in [1.29, 1.82) is 0 Å². The second-order valence-electron chi connectivity index (χ2n) is 6.87. The molecule has 0 fully saturated rings. The standard InChI is InChI=1S/C21H18N4O2S2/c1-25-10-9-14-16(12-25)28-21(22-14)24-19(26)18-17(13-6-3-2-4-7-13)23-20(29-18)15-8-5-11-27-15/h2-8,11H,9-10,12H2,1H3,(H,22,24,26). The van der Waals surface area contributed by atoms with E-state index in [9.17, 15) is 4.79 Å². The molecule has 1 aromatic carbocycles. The van der Waals surface area contributed by atoms with Crippen molar-refractivity contribution < 1.29 is 9.21 Å². The number of aromatic nitrogens is 2. The largest absolute Gasteiger partial charge is 0.462 e. The van der Waals surface area contributed by atoms with E-state index < -0.39 is 0 Å². The Morgan fingerprint density at radius 2 is 2.00 bits per heavy atom. The molecule has 6 nitrogen and oxygen atoms in total. The van der Waals surface area contributed by atoms with E-state index in [0.29, 0.717) is 26.5 Å². The van der Waals surface area contributed by atoms with Gasteiger partial charge in [-0.25, -0.2) is 9.97 Å². The van der Waals surface area contributed by atoms with Crippen LogP contribution in [0.5, 0.6) is 0 Å². The number of amides is 1. The number of nitrogens with zero attached hydrogens (tertiary/aromatic N) is 3. The van der Waals surface area contributed by atoms with Gasteiger partial charge in [-0.05, 0) is 19.2 Å². The summed E-state index contributed by atoms with van der Waals surface area (Å²) in [6.45, 7) is 1.87. The molecule has 0 aliphatic carbocycles. The molecule has 0 atom stereocenters. The summed E-state index contributed by atoms with van der Waals surface area (Å²) < 4.78 is 5.49. The van der Waals surface area contributed by atoms with Crippen molar-refractivity contribution in [1.82, 2.24) is 14.9 Å². The van der Waals surface area contributed by atoms with Crippen LogP contribution in [0.25, 0.3) is 22.0 Å². The van der Waals surface area contributed by atoms with Crippen molar-refractivity contribution in [3.05, 3.63) is 64.2 Å². The van der Waals surface area contributed by atoms with Crippen molar-refractivity contribution >= 4 is 33.7 Å².